The summed E-state index contributed by atoms with van der Waals surface area (Å²) in [5, 5.41) is 7.96. The molecule has 0 fully saturated rings. The topological polar surface area (TPSA) is 98.7 Å². The molecule has 4 rings (SSSR count). The van der Waals surface area contributed by atoms with E-state index in [-0.39, 0.29) is 5.82 Å². The Morgan fingerprint density at radius 1 is 1.29 bits per heavy atom. The van der Waals surface area contributed by atoms with Crippen molar-refractivity contribution in [2.24, 2.45) is 11.7 Å². The molecule has 1 aromatic carbocycles. The Bertz CT molecular complexity index is 1040. The number of fused-ring (bicyclic) bond motifs is 1. The lowest BCUT2D eigenvalue weighted by Gasteiger charge is -2.31. The first kappa shape index (κ1) is 18.2. The first-order chi connectivity index (χ1) is 13.5. The van der Waals surface area contributed by atoms with Crippen LogP contribution >= 0.6 is 11.8 Å². The van der Waals surface area contributed by atoms with Gasteiger partial charge < -0.3 is 11.1 Å². The van der Waals surface area contributed by atoms with Gasteiger partial charge in [0.1, 0.15) is 17.8 Å². The number of nitrogens with one attached hydrogen (secondary N) is 1. The number of carbonyl (C=O) groups is 1. The number of nitrogens with zero attached hydrogens (tertiary/aromatic N) is 4. The van der Waals surface area contributed by atoms with Crippen LogP contribution < -0.4 is 11.1 Å². The Morgan fingerprint density at radius 2 is 2.07 bits per heavy atom. The van der Waals surface area contributed by atoms with Gasteiger partial charge in [0.05, 0.1) is 5.69 Å². The molecule has 0 saturated heterocycles. The van der Waals surface area contributed by atoms with E-state index in [4.69, 9.17) is 5.73 Å². The molecular weight excluding hydrogens is 379 g/mol. The lowest BCUT2D eigenvalue weighted by atomic mass is 9.91. The summed E-state index contributed by atoms with van der Waals surface area (Å²) in [7, 11) is 0. The lowest BCUT2D eigenvalue weighted by Crippen LogP contribution is -2.40. The van der Waals surface area contributed by atoms with Gasteiger partial charge in [-0.15, -0.1) is 5.10 Å². The second-order valence-corrected chi connectivity index (χ2v) is 7.21. The SMILES string of the molecule is C=C1Nc2nc(SCc3ccccc3F)nn2[C@@H](c2ccccn2)[C@@H]1C(N)=O. The van der Waals surface area contributed by atoms with E-state index >= 15 is 0 Å². The van der Waals surface area contributed by atoms with Gasteiger partial charge in [0.15, 0.2) is 0 Å². The summed E-state index contributed by atoms with van der Waals surface area (Å²) in [4.78, 5) is 20.9. The van der Waals surface area contributed by atoms with Crippen LogP contribution in [0.1, 0.15) is 17.3 Å². The molecule has 1 amide bonds. The van der Waals surface area contributed by atoms with E-state index in [2.05, 4.69) is 27.0 Å². The van der Waals surface area contributed by atoms with Gasteiger partial charge in [-0.2, -0.15) is 4.98 Å². The minimum Gasteiger partial charge on any atom is -0.369 e. The molecule has 0 spiro atoms. The summed E-state index contributed by atoms with van der Waals surface area (Å²) < 4.78 is 15.4. The van der Waals surface area contributed by atoms with Crippen LogP contribution in [-0.2, 0) is 10.5 Å². The molecule has 3 aromatic rings. The van der Waals surface area contributed by atoms with E-state index in [0.717, 1.165) is 0 Å². The van der Waals surface area contributed by atoms with Crippen molar-refractivity contribution in [1.29, 1.82) is 0 Å². The van der Waals surface area contributed by atoms with Gasteiger partial charge >= 0.3 is 0 Å². The van der Waals surface area contributed by atoms with Crippen LogP contribution in [0.5, 0.6) is 0 Å². The summed E-state index contributed by atoms with van der Waals surface area (Å²) in [6, 6.07) is 11.4. The minimum absolute atomic E-state index is 0.273. The molecule has 0 saturated carbocycles. The van der Waals surface area contributed by atoms with Crippen molar-refractivity contribution in [1.82, 2.24) is 19.7 Å². The number of amides is 1. The van der Waals surface area contributed by atoms with E-state index in [0.29, 0.717) is 33.8 Å². The highest BCUT2D eigenvalue weighted by Crippen LogP contribution is 2.37. The Kier molecular flexibility index (Phi) is 4.82. The van der Waals surface area contributed by atoms with E-state index < -0.39 is 17.9 Å². The Balaban J connectivity index is 1.68. The predicted octanol–water partition coefficient (Wildman–Crippen LogP) is 2.73. The number of pyridine rings is 1. The predicted molar refractivity (Wildman–Crippen MR) is 104 cm³/mol. The van der Waals surface area contributed by atoms with Crippen molar-refractivity contribution < 1.29 is 9.18 Å². The molecule has 28 heavy (non-hydrogen) atoms. The van der Waals surface area contributed by atoms with Gasteiger partial charge in [-0.05, 0) is 23.8 Å². The summed E-state index contributed by atoms with van der Waals surface area (Å²) in [6.45, 7) is 3.93. The second kappa shape index (κ2) is 7.43. The molecule has 3 heterocycles. The second-order valence-electron chi connectivity index (χ2n) is 6.27. The number of hydrogen-bond donors (Lipinski definition) is 2. The zero-order chi connectivity index (χ0) is 19.7. The van der Waals surface area contributed by atoms with E-state index in [9.17, 15) is 9.18 Å². The van der Waals surface area contributed by atoms with Crippen molar-refractivity contribution in [2.45, 2.75) is 17.0 Å². The molecule has 1 aliphatic heterocycles. The summed E-state index contributed by atoms with van der Waals surface area (Å²) in [5.41, 5.74) is 7.26. The van der Waals surface area contributed by atoms with Crippen molar-refractivity contribution in [3.8, 4) is 0 Å². The van der Waals surface area contributed by atoms with Crippen molar-refractivity contribution in [2.75, 3.05) is 5.32 Å². The summed E-state index contributed by atoms with van der Waals surface area (Å²) >= 11 is 1.30. The summed E-state index contributed by atoms with van der Waals surface area (Å²) in [5.74, 6) is -0.715. The van der Waals surface area contributed by atoms with E-state index in [1.807, 2.05) is 6.07 Å². The number of thioether (sulfide) groups is 1. The zero-order valence-electron chi connectivity index (χ0n) is 14.7. The number of hydrogen-bond acceptors (Lipinski definition) is 6. The molecule has 0 bridgehead atoms. The number of halogens is 1. The number of rotatable bonds is 5. The van der Waals surface area contributed by atoms with E-state index in [1.54, 1.807) is 41.2 Å². The van der Waals surface area contributed by atoms with Gasteiger partial charge in [-0.1, -0.05) is 42.6 Å². The number of nitrogens with two attached hydrogens (primary N) is 1. The third kappa shape index (κ3) is 3.36. The summed E-state index contributed by atoms with van der Waals surface area (Å²) in [6.07, 6.45) is 1.64. The maximum atomic E-state index is 13.9. The Morgan fingerprint density at radius 3 is 2.79 bits per heavy atom. The average molecular weight is 396 g/mol. The number of carbonyl (C=O) groups excluding carboxylic acids is 1. The number of primary amides is 1. The average Bonchev–Trinajstić information content (AvgIpc) is 3.09. The quantitative estimate of drug-likeness (QED) is 0.644. The molecule has 0 radical (unpaired) electrons. The van der Waals surface area contributed by atoms with Crippen LogP contribution in [0, 0.1) is 11.7 Å². The van der Waals surface area contributed by atoms with Crippen LogP contribution in [0.3, 0.4) is 0 Å². The molecule has 1 aliphatic rings. The fraction of sp³-hybridized carbons (Fsp3) is 0.158. The first-order valence-corrected chi connectivity index (χ1v) is 9.52. The zero-order valence-corrected chi connectivity index (χ0v) is 15.6. The molecule has 142 valence electrons. The standard InChI is InChI=1S/C19H17FN6OS/c1-11-15(17(21)27)16(14-8-4-5-9-22-14)26-18(23-11)24-19(25-26)28-10-12-6-2-3-7-13(12)20/h2-9,15-16H,1,10H2,(H2,21,27)(H,23,24,25)/t15-,16+/m1/s1. The van der Waals surface area contributed by atoms with Crippen molar-refractivity contribution in [3.63, 3.8) is 0 Å². The first-order valence-electron chi connectivity index (χ1n) is 8.53. The number of aromatic nitrogens is 4. The molecule has 2 atom stereocenters. The van der Waals surface area contributed by atoms with Crippen molar-refractivity contribution >= 4 is 23.6 Å². The van der Waals surface area contributed by atoms with Gasteiger partial charge in [0.2, 0.25) is 17.0 Å². The maximum absolute atomic E-state index is 13.9. The molecule has 2 aromatic heterocycles. The monoisotopic (exact) mass is 396 g/mol. The third-order valence-corrected chi connectivity index (χ3v) is 5.34. The maximum Gasteiger partial charge on any atom is 0.229 e. The van der Waals surface area contributed by atoms with Gasteiger partial charge in [-0.3, -0.25) is 9.78 Å². The lowest BCUT2D eigenvalue weighted by molar-refractivity contribution is -0.121. The highest BCUT2D eigenvalue weighted by atomic mass is 32.2. The van der Waals surface area contributed by atoms with Crippen LogP contribution in [0.25, 0.3) is 0 Å². The molecule has 3 N–H and O–H groups in total. The van der Waals surface area contributed by atoms with E-state index in [1.165, 1.54) is 17.8 Å². The number of benzene rings is 1. The fourth-order valence-electron chi connectivity index (χ4n) is 3.13. The van der Waals surface area contributed by atoms with Crippen LogP contribution in [-0.4, -0.2) is 25.7 Å². The van der Waals surface area contributed by atoms with Gasteiger partial charge in [-0.25, -0.2) is 9.07 Å². The highest BCUT2D eigenvalue weighted by Gasteiger charge is 2.39. The molecule has 0 aliphatic carbocycles. The fourth-order valence-corrected chi connectivity index (χ4v) is 3.94. The normalized spacial score (nSPS) is 18.4. The molecule has 0 unspecified atom stereocenters. The smallest absolute Gasteiger partial charge is 0.229 e. The van der Waals surface area contributed by atoms with Gasteiger partial charge in [0.25, 0.3) is 0 Å². The Labute approximate surface area is 164 Å². The minimum atomic E-state index is -0.728. The van der Waals surface area contributed by atoms with Crippen LogP contribution in [0.15, 0.2) is 66.1 Å². The molecule has 7 nitrogen and oxygen atoms in total. The molecule has 9 heteroatoms. The van der Waals surface area contributed by atoms with Crippen LogP contribution in [0.2, 0.25) is 0 Å². The number of anilines is 1. The molecular formula is C19H17FN6OS. The highest BCUT2D eigenvalue weighted by molar-refractivity contribution is 7.98. The largest absolute Gasteiger partial charge is 0.369 e. The Hall–Kier alpha value is -3.20. The third-order valence-electron chi connectivity index (χ3n) is 4.45. The van der Waals surface area contributed by atoms with Crippen LogP contribution in [0.4, 0.5) is 10.3 Å². The van der Waals surface area contributed by atoms with Gasteiger partial charge in [0, 0.05) is 17.6 Å². The van der Waals surface area contributed by atoms with Crippen molar-refractivity contribution in [3.05, 3.63) is 78.0 Å².